The second-order valence-corrected chi connectivity index (χ2v) is 3.84. The smallest absolute Gasteiger partial charge is 0.0991 e. The normalized spacial score (nSPS) is 11.5. The maximum atomic E-state index is 4.48. The highest BCUT2D eigenvalue weighted by Crippen LogP contribution is 2.21. The lowest BCUT2D eigenvalue weighted by Crippen LogP contribution is -1.82. The molecule has 0 saturated carbocycles. The zero-order valence-electron chi connectivity index (χ0n) is 7.40. The minimum Gasteiger partial charge on any atom is -0.300 e. The molecule has 1 aromatic heterocycles. The second kappa shape index (κ2) is 3.66. The summed E-state index contributed by atoms with van der Waals surface area (Å²) in [5, 5.41) is 1.13. The molecular weight excluding hydrogens is 180 g/mol. The number of aliphatic imine (C=N–C) groups is 1. The number of nitrogens with zero attached hydrogens (tertiary/aromatic N) is 2. The Hall–Kier alpha value is -1.22. The first-order valence-electron chi connectivity index (χ1n) is 4.15. The molecule has 1 aromatic carbocycles. The van der Waals surface area contributed by atoms with Gasteiger partial charge in [-0.15, -0.1) is 11.3 Å². The third-order valence-electron chi connectivity index (χ3n) is 1.79. The van der Waals surface area contributed by atoms with Crippen LogP contribution in [0.3, 0.4) is 0 Å². The third-order valence-corrected chi connectivity index (χ3v) is 2.85. The van der Waals surface area contributed by atoms with Crippen molar-refractivity contribution < 1.29 is 0 Å². The predicted octanol–water partition coefficient (Wildman–Crippen LogP) is 2.54. The number of aromatic nitrogens is 1. The van der Waals surface area contributed by atoms with Crippen molar-refractivity contribution in [1.29, 1.82) is 0 Å². The van der Waals surface area contributed by atoms with E-state index in [2.05, 4.69) is 16.0 Å². The maximum Gasteiger partial charge on any atom is 0.0991 e. The Kier molecular flexibility index (Phi) is 2.36. The van der Waals surface area contributed by atoms with Gasteiger partial charge in [0.05, 0.1) is 15.2 Å². The lowest BCUT2D eigenvalue weighted by molar-refractivity contribution is 1.26. The van der Waals surface area contributed by atoms with Crippen molar-refractivity contribution in [2.75, 3.05) is 7.05 Å². The fourth-order valence-electron chi connectivity index (χ4n) is 1.18. The third kappa shape index (κ3) is 1.75. The van der Waals surface area contributed by atoms with Crippen molar-refractivity contribution in [3.8, 4) is 0 Å². The molecule has 0 aliphatic carbocycles. The first kappa shape index (κ1) is 8.38. The molecule has 0 spiro atoms. The minimum absolute atomic E-state index is 0.843. The molecular formula is C10H10N2S. The van der Waals surface area contributed by atoms with Crippen LogP contribution in [0, 0.1) is 0 Å². The standard InChI is InChI=1S/C10H10N2S/c1-11-7-6-10-12-8-4-2-3-5-9(8)13-10/h2-5,7H,6H2,1H3. The van der Waals surface area contributed by atoms with Crippen molar-refractivity contribution in [3.05, 3.63) is 29.3 Å². The lowest BCUT2D eigenvalue weighted by atomic mass is 10.3. The fraction of sp³-hybridized carbons (Fsp3) is 0.200. The number of hydrogen-bond acceptors (Lipinski definition) is 3. The Balaban J connectivity index is 2.38. The second-order valence-electron chi connectivity index (χ2n) is 2.72. The van der Waals surface area contributed by atoms with Crippen molar-refractivity contribution in [1.82, 2.24) is 4.98 Å². The first-order chi connectivity index (χ1) is 6.40. The summed E-state index contributed by atoms with van der Waals surface area (Å²) in [5.74, 6) is 0. The molecule has 0 atom stereocenters. The van der Waals surface area contributed by atoms with E-state index in [9.17, 15) is 0 Å². The number of para-hydroxylation sites is 1. The SMILES string of the molecule is CN=CCc1nc2ccccc2s1. The molecule has 0 aliphatic rings. The summed E-state index contributed by atoms with van der Waals surface area (Å²) in [4.78, 5) is 8.42. The van der Waals surface area contributed by atoms with Gasteiger partial charge in [-0.3, -0.25) is 0 Å². The van der Waals surface area contributed by atoms with Crippen LogP contribution in [-0.2, 0) is 6.42 Å². The van der Waals surface area contributed by atoms with E-state index in [1.54, 1.807) is 18.4 Å². The molecule has 3 heteroatoms. The lowest BCUT2D eigenvalue weighted by Gasteiger charge is -1.82. The van der Waals surface area contributed by atoms with E-state index in [-0.39, 0.29) is 0 Å². The predicted molar refractivity (Wildman–Crippen MR) is 57.7 cm³/mol. The van der Waals surface area contributed by atoms with Gasteiger partial charge in [-0.05, 0) is 12.1 Å². The van der Waals surface area contributed by atoms with E-state index >= 15 is 0 Å². The zero-order chi connectivity index (χ0) is 9.10. The molecule has 0 saturated heterocycles. The molecule has 13 heavy (non-hydrogen) atoms. The van der Waals surface area contributed by atoms with E-state index in [4.69, 9.17) is 0 Å². The number of benzene rings is 1. The van der Waals surface area contributed by atoms with Crippen LogP contribution in [0.15, 0.2) is 29.3 Å². The summed E-state index contributed by atoms with van der Waals surface area (Å²) >= 11 is 1.73. The molecule has 2 nitrogen and oxygen atoms in total. The molecule has 0 radical (unpaired) electrons. The monoisotopic (exact) mass is 190 g/mol. The summed E-state index contributed by atoms with van der Waals surface area (Å²) in [6.07, 6.45) is 2.73. The summed E-state index contributed by atoms with van der Waals surface area (Å²) in [6, 6.07) is 8.19. The summed E-state index contributed by atoms with van der Waals surface area (Å²) in [7, 11) is 1.79. The van der Waals surface area contributed by atoms with Crippen LogP contribution in [0.4, 0.5) is 0 Å². The van der Waals surface area contributed by atoms with Crippen molar-refractivity contribution in [2.24, 2.45) is 4.99 Å². The van der Waals surface area contributed by atoms with Crippen LogP contribution in [0.1, 0.15) is 5.01 Å². The number of fused-ring (bicyclic) bond motifs is 1. The topological polar surface area (TPSA) is 25.2 Å². The quantitative estimate of drug-likeness (QED) is 0.668. The Morgan fingerprint density at radius 1 is 1.46 bits per heavy atom. The van der Waals surface area contributed by atoms with E-state index in [0.29, 0.717) is 0 Å². The van der Waals surface area contributed by atoms with Gasteiger partial charge in [0.15, 0.2) is 0 Å². The van der Waals surface area contributed by atoms with Gasteiger partial charge < -0.3 is 4.99 Å². The molecule has 1 heterocycles. The molecule has 0 amide bonds. The van der Waals surface area contributed by atoms with Gasteiger partial charge in [0.25, 0.3) is 0 Å². The van der Waals surface area contributed by atoms with Gasteiger partial charge in [-0.1, -0.05) is 12.1 Å². The Morgan fingerprint density at radius 3 is 3.08 bits per heavy atom. The van der Waals surface area contributed by atoms with Crippen LogP contribution < -0.4 is 0 Å². The largest absolute Gasteiger partial charge is 0.300 e. The van der Waals surface area contributed by atoms with Crippen LogP contribution in [0.2, 0.25) is 0 Å². The van der Waals surface area contributed by atoms with Crippen LogP contribution in [-0.4, -0.2) is 18.2 Å². The van der Waals surface area contributed by atoms with Gasteiger partial charge in [-0.2, -0.15) is 0 Å². The zero-order valence-corrected chi connectivity index (χ0v) is 8.21. The van der Waals surface area contributed by atoms with Gasteiger partial charge in [0.2, 0.25) is 0 Å². The van der Waals surface area contributed by atoms with Crippen molar-refractivity contribution >= 4 is 27.8 Å². The maximum absolute atomic E-state index is 4.48. The summed E-state index contributed by atoms with van der Waals surface area (Å²) < 4.78 is 1.25. The molecule has 2 rings (SSSR count). The van der Waals surface area contributed by atoms with E-state index in [1.165, 1.54) is 4.70 Å². The molecule has 66 valence electrons. The molecule has 2 aromatic rings. The average Bonchev–Trinajstić information content (AvgIpc) is 2.57. The van der Waals surface area contributed by atoms with Crippen LogP contribution >= 0.6 is 11.3 Å². The molecule has 0 bridgehead atoms. The summed E-state index contributed by atoms with van der Waals surface area (Å²) in [5.41, 5.74) is 1.09. The van der Waals surface area contributed by atoms with Crippen LogP contribution in [0.25, 0.3) is 10.2 Å². The number of rotatable bonds is 2. The highest BCUT2D eigenvalue weighted by Gasteiger charge is 2.00. The molecule has 0 unspecified atom stereocenters. The Bertz CT molecular complexity index is 398. The highest BCUT2D eigenvalue weighted by molar-refractivity contribution is 7.18. The highest BCUT2D eigenvalue weighted by atomic mass is 32.1. The van der Waals surface area contributed by atoms with Crippen molar-refractivity contribution in [3.63, 3.8) is 0 Å². The van der Waals surface area contributed by atoms with Gasteiger partial charge in [0, 0.05) is 19.7 Å². The molecule has 0 N–H and O–H groups in total. The van der Waals surface area contributed by atoms with Crippen molar-refractivity contribution in [2.45, 2.75) is 6.42 Å². The number of hydrogen-bond donors (Lipinski definition) is 0. The Labute approximate surface area is 81.0 Å². The summed E-state index contributed by atoms with van der Waals surface area (Å²) in [6.45, 7) is 0. The van der Waals surface area contributed by atoms with Crippen LogP contribution in [0.5, 0.6) is 0 Å². The molecule has 0 aliphatic heterocycles. The number of thiazole rings is 1. The van der Waals surface area contributed by atoms with Gasteiger partial charge in [-0.25, -0.2) is 4.98 Å². The van der Waals surface area contributed by atoms with E-state index in [1.807, 2.05) is 24.4 Å². The van der Waals surface area contributed by atoms with E-state index < -0.39 is 0 Å². The Morgan fingerprint density at radius 2 is 2.31 bits per heavy atom. The van der Waals surface area contributed by atoms with E-state index in [0.717, 1.165) is 16.9 Å². The molecule has 0 fully saturated rings. The average molecular weight is 190 g/mol. The van der Waals surface area contributed by atoms with Gasteiger partial charge >= 0.3 is 0 Å². The fourth-order valence-corrected chi connectivity index (χ4v) is 2.10. The van der Waals surface area contributed by atoms with Gasteiger partial charge in [0.1, 0.15) is 0 Å². The minimum atomic E-state index is 0.843. The first-order valence-corrected chi connectivity index (χ1v) is 4.97.